The summed E-state index contributed by atoms with van der Waals surface area (Å²) >= 11 is 0. The maximum atomic E-state index is 11.5. The van der Waals surface area contributed by atoms with E-state index in [0.29, 0.717) is 19.4 Å². The van der Waals surface area contributed by atoms with Crippen molar-refractivity contribution in [1.82, 2.24) is 20.8 Å². The summed E-state index contributed by atoms with van der Waals surface area (Å²) in [5.74, 6) is -0.830. The zero-order valence-corrected chi connectivity index (χ0v) is 9.90. The smallest absolute Gasteiger partial charge is 0.315 e. The SMILES string of the molecule is O=C(NCc1cn[nH]c1)NCC1(C(=O)O)CCC1. The molecule has 1 aromatic rings. The second-order valence-corrected chi connectivity index (χ2v) is 4.58. The molecule has 0 bridgehead atoms. The normalized spacial score (nSPS) is 16.7. The lowest BCUT2D eigenvalue weighted by Crippen LogP contribution is -2.49. The van der Waals surface area contributed by atoms with Crippen LogP contribution in [-0.2, 0) is 11.3 Å². The van der Waals surface area contributed by atoms with Crippen LogP contribution in [-0.4, -0.2) is 33.8 Å². The van der Waals surface area contributed by atoms with Gasteiger partial charge >= 0.3 is 12.0 Å². The number of nitrogens with one attached hydrogen (secondary N) is 3. The molecule has 7 nitrogen and oxygen atoms in total. The number of nitrogens with zero attached hydrogens (tertiary/aromatic N) is 1. The van der Waals surface area contributed by atoms with Crippen LogP contribution >= 0.6 is 0 Å². The van der Waals surface area contributed by atoms with Crippen LogP contribution in [0.3, 0.4) is 0 Å². The van der Waals surface area contributed by atoms with E-state index >= 15 is 0 Å². The van der Waals surface area contributed by atoms with Gasteiger partial charge in [-0.3, -0.25) is 9.89 Å². The molecule has 0 saturated heterocycles. The maximum Gasteiger partial charge on any atom is 0.315 e. The lowest BCUT2D eigenvalue weighted by atomic mass is 9.69. The molecule has 0 radical (unpaired) electrons. The topological polar surface area (TPSA) is 107 Å². The Bertz CT molecular complexity index is 426. The molecule has 2 amide bonds. The molecule has 18 heavy (non-hydrogen) atoms. The van der Waals surface area contributed by atoms with E-state index in [0.717, 1.165) is 12.0 Å². The number of amides is 2. The van der Waals surface area contributed by atoms with Gasteiger partial charge < -0.3 is 15.7 Å². The summed E-state index contributed by atoms with van der Waals surface area (Å²) in [6.07, 6.45) is 5.47. The molecule has 0 unspecified atom stereocenters. The fourth-order valence-corrected chi connectivity index (χ4v) is 1.94. The van der Waals surface area contributed by atoms with E-state index in [1.54, 1.807) is 12.4 Å². The number of aromatic amines is 1. The van der Waals surface area contributed by atoms with Gasteiger partial charge in [0, 0.05) is 24.8 Å². The van der Waals surface area contributed by atoms with Gasteiger partial charge in [0.15, 0.2) is 0 Å². The van der Waals surface area contributed by atoms with E-state index in [1.165, 1.54) is 0 Å². The zero-order valence-electron chi connectivity index (χ0n) is 9.90. The largest absolute Gasteiger partial charge is 0.481 e. The highest BCUT2D eigenvalue weighted by Crippen LogP contribution is 2.40. The highest BCUT2D eigenvalue weighted by Gasteiger charge is 2.44. The Kier molecular flexibility index (Phi) is 3.50. The average Bonchev–Trinajstić information content (AvgIpc) is 2.77. The minimum Gasteiger partial charge on any atom is -0.481 e. The van der Waals surface area contributed by atoms with Crippen LogP contribution in [0.15, 0.2) is 12.4 Å². The van der Waals surface area contributed by atoms with Crippen LogP contribution in [0, 0.1) is 5.41 Å². The average molecular weight is 252 g/mol. The fraction of sp³-hybridized carbons (Fsp3) is 0.545. The summed E-state index contributed by atoms with van der Waals surface area (Å²) in [5.41, 5.74) is 0.106. The van der Waals surface area contributed by atoms with Crippen molar-refractivity contribution in [3.8, 4) is 0 Å². The molecule has 2 rings (SSSR count). The van der Waals surface area contributed by atoms with Crippen LogP contribution < -0.4 is 10.6 Å². The van der Waals surface area contributed by atoms with E-state index in [-0.39, 0.29) is 12.6 Å². The zero-order chi connectivity index (χ0) is 13.0. The summed E-state index contributed by atoms with van der Waals surface area (Å²) in [7, 11) is 0. The Balaban J connectivity index is 1.73. The highest BCUT2D eigenvalue weighted by atomic mass is 16.4. The minimum absolute atomic E-state index is 0.180. The summed E-state index contributed by atoms with van der Waals surface area (Å²) < 4.78 is 0. The molecule has 0 spiro atoms. The van der Waals surface area contributed by atoms with Gasteiger partial charge in [0.05, 0.1) is 11.6 Å². The van der Waals surface area contributed by atoms with E-state index in [1.807, 2.05) is 0 Å². The van der Waals surface area contributed by atoms with Gasteiger partial charge in [-0.05, 0) is 12.8 Å². The van der Waals surface area contributed by atoms with Gasteiger partial charge in [0.25, 0.3) is 0 Å². The van der Waals surface area contributed by atoms with E-state index in [4.69, 9.17) is 5.11 Å². The molecule has 0 aliphatic heterocycles. The number of carboxylic acid groups (broad SMARTS) is 1. The quantitative estimate of drug-likeness (QED) is 0.610. The van der Waals surface area contributed by atoms with Crippen molar-refractivity contribution >= 4 is 12.0 Å². The molecule has 1 fully saturated rings. The Labute approximate surface area is 104 Å². The molecule has 1 saturated carbocycles. The van der Waals surface area contributed by atoms with Crippen molar-refractivity contribution < 1.29 is 14.7 Å². The van der Waals surface area contributed by atoms with Crippen molar-refractivity contribution in [3.05, 3.63) is 18.0 Å². The van der Waals surface area contributed by atoms with Crippen molar-refractivity contribution in [1.29, 1.82) is 0 Å². The first-order valence-electron chi connectivity index (χ1n) is 5.85. The van der Waals surface area contributed by atoms with E-state index in [9.17, 15) is 9.59 Å². The summed E-state index contributed by atoms with van der Waals surface area (Å²) in [6.45, 7) is 0.544. The number of aromatic nitrogens is 2. The number of aliphatic carboxylic acids is 1. The lowest BCUT2D eigenvalue weighted by molar-refractivity contribution is -0.153. The molecule has 7 heteroatoms. The third-order valence-corrected chi connectivity index (χ3v) is 3.36. The first-order chi connectivity index (χ1) is 8.62. The molecular weight excluding hydrogens is 236 g/mol. The first kappa shape index (κ1) is 12.4. The van der Waals surface area contributed by atoms with E-state index in [2.05, 4.69) is 20.8 Å². The third-order valence-electron chi connectivity index (χ3n) is 3.36. The summed E-state index contributed by atoms with van der Waals surface area (Å²) in [6, 6.07) is -0.358. The van der Waals surface area contributed by atoms with E-state index < -0.39 is 11.4 Å². The van der Waals surface area contributed by atoms with Gasteiger partial charge in [0.1, 0.15) is 0 Å². The van der Waals surface area contributed by atoms with Crippen molar-refractivity contribution in [2.45, 2.75) is 25.8 Å². The third kappa shape index (κ3) is 2.61. The standard InChI is InChI=1S/C11H16N4O3/c16-9(17)11(2-1-3-11)7-13-10(18)12-4-8-5-14-15-6-8/h5-6H,1-4,7H2,(H,14,15)(H,16,17)(H2,12,13,18). The second kappa shape index (κ2) is 5.07. The molecule has 1 aliphatic carbocycles. The number of H-pyrrole nitrogens is 1. The Morgan fingerprint density at radius 2 is 2.22 bits per heavy atom. The number of carbonyl (C=O) groups is 2. The van der Waals surface area contributed by atoms with Crippen molar-refractivity contribution in [2.24, 2.45) is 5.41 Å². The molecule has 4 N–H and O–H groups in total. The van der Waals surface area contributed by atoms with Crippen LogP contribution in [0.1, 0.15) is 24.8 Å². The van der Waals surface area contributed by atoms with Crippen LogP contribution in [0.25, 0.3) is 0 Å². The predicted molar refractivity (Wildman–Crippen MR) is 62.7 cm³/mol. The van der Waals surface area contributed by atoms with Crippen molar-refractivity contribution in [2.75, 3.05) is 6.54 Å². The Morgan fingerprint density at radius 1 is 1.44 bits per heavy atom. The fourth-order valence-electron chi connectivity index (χ4n) is 1.94. The Morgan fingerprint density at radius 3 is 2.72 bits per heavy atom. The van der Waals surface area contributed by atoms with Gasteiger partial charge in [-0.1, -0.05) is 6.42 Å². The summed E-state index contributed by atoms with van der Waals surface area (Å²) in [5, 5.41) is 20.7. The molecule has 1 aliphatic rings. The summed E-state index contributed by atoms with van der Waals surface area (Å²) in [4.78, 5) is 22.6. The highest BCUT2D eigenvalue weighted by molar-refractivity contribution is 5.78. The first-order valence-corrected chi connectivity index (χ1v) is 5.85. The molecular formula is C11H16N4O3. The van der Waals surface area contributed by atoms with Crippen LogP contribution in [0.2, 0.25) is 0 Å². The number of urea groups is 1. The molecule has 1 heterocycles. The Hall–Kier alpha value is -2.05. The van der Waals surface area contributed by atoms with Gasteiger partial charge in [-0.15, -0.1) is 0 Å². The molecule has 1 aromatic heterocycles. The van der Waals surface area contributed by atoms with Gasteiger partial charge in [-0.2, -0.15) is 5.10 Å². The molecule has 98 valence electrons. The lowest BCUT2D eigenvalue weighted by Gasteiger charge is -2.37. The number of rotatable bonds is 5. The monoisotopic (exact) mass is 252 g/mol. The van der Waals surface area contributed by atoms with Crippen molar-refractivity contribution in [3.63, 3.8) is 0 Å². The maximum absolute atomic E-state index is 11.5. The van der Waals surface area contributed by atoms with Crippen LogP contribution in [0.4, 0.5) is 4.79 Å². The number of carboxylic acids is 1. The number of hydrogen-bond acceptors (Lipinski definition) is 3. The van der Waals surface area contributed by atoms with Gasteiger partial charge in [0.2, 0.25) is 0 Å². The molecule has 0 atom stereocenters. The van der Waals surface area contributed by atoms with Crippen LogP contribution in [0.5, 0.6) is 0 Å². The molecule has 0 aromatic carbocycles. The number of carbonyl (C=O) groups excluding carboxylic acids is 1. The minimum atomic E-state index is -0.830. The number of hydrogen-bond donors (Lipinski definition) is 4. The second-order valence-electron chi connectivity index (χ2n) is 4.58. The van der Waals surface area contributed by atoms with Gasteiger partial charge in [-0.25, -0.2) is 4.79 Å². The predicted octanol–water partition coefficient (Wildman–Crippen LogP) is 0.464.